The molecule has 1 amide bonds. The minimum absolute atomic E-state index is 0.0742. The molecule has 0 aliphatic heterocycles. The molecule has 31 heavy (non-hydrogen) atoms. The van der Waals surface area contributed by atoms with Crippen LogP contribution in [0.1, 0.15) is 22.8 Å². The number of carbonyl (C=O) groups is 1. The van der Waals surface area contributed by atoms with Crippen molar-refractivity contribution in [1.29, 1.82) is 0 Å². The first-order chi connectivity index (χ1) is 14.9. The van der Waals surface area contributed by atoms with Gasteiger partial charge in [-0.3, -0.25) is 24.3 Å². The molecule has 0 saturated heterocycles. The van der Waals surface area contributed by atoms with Gasteiger partial charge in [0.05, 0.1) is 10.3 Å². The minimum atomic E-state index is -0.728. The van der Waals surface area contributed by atoms with Crippen LogP contribution < -0.4 is 11.3 Å². The van der Waals surface area contributed by atoms with Crippen LogP contribution in [0.4, 0.5) is 5.69 Å². The van der Waals surface area contributed by atoms with Crippen molar-refractivity contribution in [1.82, 2.24) is 9.55 Å². The number of nitrogens with zero attached hydrogens (tertiary/aromatic N) is 3. The maximum absolute atomic E-state index is 13.2. The van der Waals surface area contributed by atoms with Gasteiger partial charge >= 0.3 is 0 Å². The Morgan fingerprint density at radius 1 is 1.32 bits per heavy atom. The molecular weight excluding hydrogens is 456 g/mol. The average molecular weight is 473 g/mol. The Labute approximate surface area is 188 Å². The molecule has 0 aliphatic carbocycles. The van der Waals surface area contributed by atoms with Crippen LogP contribution in [0.2, 0.25) is 0 Å². The fraction of sp³-hybridized carbons (Fsp3) is 0.150. The van der Waals surface area contributed by atoms with E-state index in [0.29, 0.717) is 27.5 Å². The summed E-state index contributed by atoms with van der Waals surface area (Å²) >= 11 is 4.22. The fourth-order valence-electron chi connectivity index (χ4n) is 3.16. The average Bonchev–Trinajstić information content (AvgIpc) is 3.41. The minimum Gasteiger partial charge on any atom is -0.366 e. The summed E-state index contributed by atoms with van der Waals surface area (Å²) in [6.45, 7) is 2.28. The van der Waals surface area contributed by atoms with Crippen LogP contribution in [-0.2, 0) is 12.3 Å². The smallest absolute Gasteiger partial charge is 0.274 e. The Morgan fingerprint density at radius 3 is 2.77 bits per heavy atom. The van der Waals surface area contributed by atoms with Gasteiger partial charge < -0.3 is 5.73 Å². The zero-order valence-electron chi connectivity index (χ0n) is 16.2. The molecule has 0 radical (unpaired) electrons. The van der Waals surface area contributed by atoms with Crippen molar-refractivity contribution in [3.8, 4) is 10.4 Å². The summed E-state index contributed by atoms with van der Waals surface area (Å²) in [5.74, 6) is -0.510. The van der Waals surface area contributed by atoms with Gasteiger partial charge in [0.25, 0.3) is 11.2 Å². The number of thioether (sulfide) groups is 1. The summed E-state index contributed by atoms with van der Waals surface area (Å²) in [5.41, 5.74) is 6.29. The molecule has 0 unspecified atom stereocenters. The van der Waals surface area contributed by atoms with Crippen molar-refractivity contribution >= 4 is 56.2 Å². The number of aromatic nitrogens is 2. The fourth-order valence-corrected chi connectivity index (χ4v) is 6.02. The number of fused-ring (bicyclic) bond motifs is 1. The highest BCUT2D eigenvalue weighted by molar-refractivity contribution is 7.98. The number of hydrogen-bond acceptors (Lipinski definition) is 8. The number of rotatable bonds is 7. The summed E-state index contributed by atoms with van der Waals surface area (Å²) in [7, 11) is 0. The van der Waals surface area contributed by atoms with Gasteiger partial charge in [0, 0.05) is 45.3 Å². The molecular formula is C20H16N4O4S3. The second-order valence-corrected chi connectivity index (χ2v) is 9.25. The summed E-state index contributed by atoms with van der Waals surface area (Å²) < 4.78 is 1.58. The largest absolute Gasteiger partial charge is 0.366 e. The third-order valence-electron chi connectivity index (χ3n) is 4.68. The number of nitro benzene ring substituents is 1. The number of carbonyl (C=O) groups excluding carboxylic acids is 1. The van der Waals surface area contributed by atoms with Gasteiger partial charge in [-0.25, -0.2) is 4.98 Å². The van der Waals surface area contributed by atoms with E-state index in [0.717, 1.165) is 10.4 Å². The van der Waals surface area contributed by atoms with Crippen LogP contribution in [0.5, 0.6) is 0 Å². The van der Waals surface area contributed by atoms with Crippen LogP contribution >= 0.6 is 34.4 Å². The van der Waals surface area contributed by atoms with Gasteiger partial charge in [0.15, 0.2) is 5.16 Å². The molecule has 2 N–H and O–H groups in total. The molecule has 158 valence electrons. The predicted octanol–water partition coefficient (Wildman–Crippen LogP) is 4.51. The standard InChI is InChI=1S/C20H16N4O4S3/c1-2-23-19(26)16-13(15-4-3-7-29-15)10-30-18(16)22-20(23)31-9-12-6-5-11(17(21)25)8-14(12)24(27)28/h3-8,10H,2,9H2,1H3,(H2,21,25). The molecule has 4 rings (SSSR count). The number of hydrogen-bond donors (Lipinski definition) is 1. The van der Waals surface area contributed by atoms with Gasteiger partial charge in [0.2, 0.25) is 5.91 Å². The summed E-state index contributed by atoms with van der Waals surface area (Å²) in [5, 5.41) is 16.4. The van der Waals surface area contributed by atoms with E-state index in [1.807, 2.05) is 29.8 Å². The van der Waals surface area contributed by atoms with Crippen molar-refractivity contribution in [2.75, 3.05) is 0 Å². The summed E-state index contributed by atoms with van der Waals surface area (Å²) in [6.07, 6.45) is 0. The molecule has 0 spiro atoms. The lowest BCUT2D eigenvalue weighted by atomic mass is 10.1. The second-order valence-electron chi connectivity index (χ2n) is 6.50. The van der Waals surface area contributed by atoms with E-state index in [-0.39, 0.29) is 22.6 Å². The van der Waals surface area contributed by atoms with Crippen molar-refractivity contribution in [2.45, 2.75) is 24.4 Å². The number of nitrogens with two attached hydrogens (primary N) is 1. The zero-order chi connectivity index (χ0) is 22.1. The molecule has 11 heteroatoms. The van der Waals surface area contributed by atoms with E-state index < -0.39 is 10.8 Å². The van der Waals surface area contributed by atoms with Crippen molar-refractivity contribution < 1.29 is 9.72 Å². The molecule has 3 heterocycles. The Morgan fingerprint density at radius 2 is 2.13 bits per heavy atom. The molecule has 0 saturated carbocycles. The molecule has 4 aromatic rings. The predicted molar refractivity (Wildman–Crippen MR) is 124 cm³/mol. The molecule has 0 aliphatic rings. The van der Waals surface area contributed by atoms with Gasteiger partial charge in [-0.1, -0.05) is 23.9 Å². The topological polar surface area (TPSA) is 121 Å². The molecule has 0 fully saturated rings. The number of benzene rings is 1. The van der Waals surface area contributed by atoms with E-state index >= 15 is 0 Å². The molecule has 3 aromatic heterocycles. The van der Waals surface area contributed by atoms with Crippen LogP contribution in [0.3, 0.4) is 0 Å². The lowest BCUT2D eigenvalue weighted by Crippen LogP contribution is -2.22. The summed E-state index contributed by atoms with van der Waals surface area (Å²) in [6, 6.07) is 8.06. The summed E-state index contributed by atoms with van der Waals surface area (Å²) in [4.78, 5) is 41.8. The second kappa shape index (κ2) is 8.61. The Balaban J connectivity index is 1.72. The monoisotopic (exact) mass is 472 g/mol. The van der Waals surface area contributed by atoms with E-state index in [9.17, 15) is 19.7 Å². The molecule has 1 aromatic carbocycles. The van der Waals surface area contributed by atoms with Crippen molar-refractivity contribution in [3.05, 3.63) is 72.7 Å². The first-order valence-corrected chi connectivity index (χ1v) is 11.9. The first kappa shape index (κ1) is 21.2. The van der Waals surface area contributed by atoms with E-state index in [1.54, 1.807) is 15.9 Å². The zero-order valence-corrected chi connectivity index (χ0v) is 18.7. The first-order valence-electron chi connectivity index (χ1n) is 9.16. The highest BCUT2D eigenvalue weighted by atomic mass is 32.2. The van der Waals surface area contributed by atoms with Crippen molar-refractivity contribution in [2.24, 2.45) is 5.73 Å². The van der Waals surface area contributed by atoms with Gasteiger partial charge in [-0.15, -0.1) is 22.7 Å². The van der Waals surface area contributed by atoms with Crippen LogP contribution in [0.25, 0.3) is 20.7 Å². The van der Waals surface area contributed by atoms with Gasteiger partial charge in [-0.05, 0) is 24.4 Å². The number of nitro groups is 1. The number of thiophene rings is 2. The maximum Gasteiger partial charge on any atom is 0.274 e. The van der Waals surface area contributed by atoms with Crippen LogP contribution in [0.15, 0.2) is 51.0 Å². The van der Waals surface area contributed by atoms with Crippen LogP contribution in [-0.4, -0.2) is 20.4 Å². The lowest BCUT2D eigenvalue weighted by Gasteiger charge is -2.10. The number of primary amides is 1. The molecule has 0 bridgehead atoms. The Kier molecular flexibility index (Phi) is 5.90. The Hall–Kier alpha value is -3.02. The molecule has 8 nitrogen and oxygen atoms in total. The van der Waals surface area contributed by atoms with Crippen LogP contribution in [0, 0.1) is 10.1 Å². The number of amides is 1. The Bertz CT molecular complexity index is 1360. The van der Waals surface area contributed by atoms with E-state index in [4.69, 9.17) is 5.73 Å². The normalized spacial score (nSPS) is 11.1. The van der Waals surface area contributed by atoms with Gasteiger partial charge in [0.1, 0.15) is 4.83 Å². The third kappa shape index (κ3) is 3.99. The third-order valence-corrected chi connectivity index (χ3v) is 7.49. The van der Waals surface area contributed by atoms with Gasteiger partial charge in [-0.2, -0.15) is 0 Å². The SMILES string of the molecule is CCn1c(SCc2ccc(C(N)=O)cc2[N+](=O)[O-])nc2scc(-c3cccs3)c2c1=O. The highest BCUT2D eigenvalue weighted by Crippen LogP contribution is 2.35. The van der Waals surface area contributed by atoms with E-state index in [1.165, 1.54) is 41.3 Å². The quantitative estimate of drug-likeness (QED) is 0.183. The highest BCUT2D eigenvalue weighted by Gasteiger charge is 2.20. The lowest BCUT2D eigenvalue weighted by molar-refractivity contribution is -0.385. The van der Waals surface area contributed by atoms with Crippen molar-refractivity contribution in [3.63, 3.8) is 0 Å². The van der Waals surface area contributed by atoms with E-state index in [2.05, 4.69) is 4.98 Å². The molecule has 0 atom stereocenters. The maximum atomic E-state index is 13.2.